The number of pyridine rings is 1. The molecule has 1 amide bonds. The fraction of sp³-hybridized carbons (Fsp3) is 0.308. The molecule has 2 rings (SSSR count). The van der Waals surface area contributed by atoms with Crippen molar-refractivity contribution in [2.24, 2.45) is 0 Å². The number of carbonyl (C=O) groups excluding carboxylic acids is 1. The van der Waals surface area contributed by atoms with Gasteiger partial charge in [-0.2, -0.15) is 5.10 Å². The molecule has 0 aromatic carbocycles. The van der Waals surface area contributed by atoms with Crippen molar-refractivity contribution in [1.82, 2.24) is 20.1 Å². The maximum Gasteiger partial charge on any atom is 0.254 e. The van der Waals surface area contributed by atoms with Crippen molar-refractivity contribution in [3.63, 3.8) is 0 Å². The molecule has 0 aliphatic heterocycles. The summed E-state index contributed by atoms with van der Waals surface area (Å²) < 4.78 is 0. The Labute approximate surface area is 111 Å². The highest BCUT2D eigenvalue weighted by Gasteiger charge is 2.10. The Kier molecular flexibility index (Phi) is 3.79. The van der Waals surface area contributed by atoms with Crippen LogP contribution in [-0.2, 0) is 0 Å². The van der Waals surface area contributed by atoms with E-state index < -0.39 is 0 Å². The molecule has 0 aliphatic carbocycles. The summed E-state index contributed by atoms with van der Waals surface area (Å²) in [5, 5.41) is 9.92. The maximum absolute atomic E-state index is 11.7. The number of hydrogen-bond donors (Lipinski definition) is 2. The van der Waals surface area contributed by atoms with Gasteiger partial charge in [-0.1, -0.05) is 0 Å². The number of amides is 1. The van der Waals surface area contributed by atoms with Crippen LogP contribution in [0.2, 0.25) is 0 Å². The van der Waals surface area contributed by atoms with Gasteiger partial charge >= 0.3 is 0 Å². The van der Waals surface area contributed by atoms with Crippen molar-refractivity contribution in [1.29, 1.82) is 0 Å². The van der Waals surface area contributed by atoms with E-state index in [1.54, 1.807) is 38.6 Å². The number of aromatic amines is 1. The second-order valence-electron chi connectivity index (χ2n) is 4.53. The number of anilines is 1. The second-order valence-corrected chi connectivity index (χ2v) is 4.53. The Balaban J connectivity index is 2.05. The molecule has 0 aliphatic rings. The van der Waals surface area contributed by atoms with Crippen molar-refractivity contribution in [3.05, 3.63) is 41.9 Å². The lowest BCUT2D eigenvalue weighted by atomic mass is 10.2. The average molecular weight is 259 g/mol. The molecular formula is C13H17N5O. The fourth-order valence-corrected chi connectivity index (χ4v) is 1.67. The molecule has 6 nitrogen and oxygen atoms in total. The van der Waals surface area contributed by atoms with Crippen LogP contribution in [0, 0.1) is 0 Å². The van der Waals surface area contributed by atoms with E-state index in [0.29, 0.717) is 5.56 Å². The molecule has 0 fully saturated rings. The third-order valence-electron chi connectivity index (χ3n) is 2.80. The zero-order valence-electron chi connectivity index (χ0n) is 11.2. The average Bonchev–Trinajstić information content (AvgIpc) is 2.92. The predicted molar refractivity (Wildman–Crippen MR) is 72.9 cm³/mol. The first-order valence-corrected chi connectivity index (χ1v) is 6.01. The molecular weight excluding hydrogens is 242 g/mol. The summed E-state index contributed by atoms with van der Waals surface area (Å²) in [5.41, 5.74) is 1.63. The summed E-state index contributed by atoms with van der Waals surface area (Å²) in [6, 6.07) is 3.66. The smallest absolute Gasteiger partial charge is 0.254 e. The molecule has 0 spiro atoms. The fourth-order valence-electron chi connectivity index (χ4n) is 1.67. The Hall–Kier alpha value is -2.37. The van der Waals surface area contributed by atoms with Crippen LogP contribution in [0.15, 0.2) is 30.7 Å². The molecule has 0 radical (unpaired) electrons. The molecule has 6 heteroatoms. The largest absolute Gasteiger partial charge is 0.363 e. The van der Waals surface area contributed by atoms with Gasteiger partial charge in [0.25, 0.3) is 5.91 Å². The first kappa shape index (κ1) is 13.1. The Morgan fingerprint density at radius 2 is 2.16 bits per heavy atom. The van der Waals surface area contributed by atoms with E-state index in [4.69, 9.17) is 0 Å². The van der Waals surface area contributed by atoms with Gasteiger partial charge in [-0.05, 0) is 19.1 Å². The van der Waals surface area contributed by atoms with Crippen LogP contribution >= 0.6 is 0 Å². The molecule has 19 heavy (non-hydrogen) atoms. The Morgan fingerprint density at radius 1 is 1.37 bits per heavy atom. The molecule has 0 bridgehead atoms. The molecule has 2 heterocycles. The van der Waals surface area contributed by atoms with Crippen LogP contribution in [0.1, 0.15) is 28.9 Å². The summed E-state index contributed by atoms with van der Waals surface area (Å²) >= 11 is 0. The van der Waals surface area contributed by atoms with E-state index >= 15 is 0 Å². The number of aromatic nitrogens is 3. The van der Waals surface area contributed by atoms with Gasteiger partial charge < -0.3 is 10.2 Å². The van der Waals surface area contributed by atoms with Gasteiger partial charge in [0.05, 0.1) is 17.8 Å². The standard InChI is InChI=1S/C13H17N5O/c1-9(11-7-15-16-8-11)17-12-5-4-10(6-14-12)13(19)18(2)3/h4-9H,1-3H3,(H,14,17)(H,15,16). The zero-order chi connectivity index (χ0) is 13.8. The topological polar surface area (TPSA) is 73.9 Å². The summed E-state index contributed by atoms with van der Waals surface area (Å²) in [5.74, 6) is 0.672. The lowest BCUT2D eigenvalue weighted by Crippen LogP contribution is -2.21. The molecule has 0 saturated carbocycles. The minimum absolute atomic E-state index is 0.0538. The van der Waals surface area contributed by atoms with Crippen molar-refractivity contribution in [3.8, 4) is 0 Å². The Bertz CT molecular complexity index is 533. The number of carbonyl (C=O) groups is 1. The lowest BCUT2D eigenvalue weighted by molar-refractivity contribution is 0.0827. The minimum atomic E-state index is -0.0538. The number of hydrogen-bond acceptors (Lipinski definition) is 4. The first-order valence-electron chi connectivity index (χ1n) is 6.01. The molecule has 2 N–H and O–H groups in total. The quantitative estimate of drug-likeness (QED) is 0.876. The number of nitrogens with zero attached hydrogens (tertiary/aromatic N) is 3. The van der Waals surface area contributed by atoms with Crippen LogP contribution in [0.5, 0.6) is 0 Å². The van der Waals surface area contributed by atoms with Gasteiger partial charge in [-0.3, -0.25) is 9.89 Å². The summed E-state index contributed by atoms with van der Waals surface area (Å²) in [7, 11) is 3.44. The number of rotatable bonds is 4. The normalized spacial score (nSPS) is 11.9. The predicted octanol–water partition coefficient (Wildman–Crippen LogP) is 1.68. The van der Waals surface area contributed by atoms with Crippen LogP contribution in [0.4, 0.5) is 5.82 Å². The highest BCUT2D eigenvalue weighted by Crippen LogP contribution is 2.16. The zero-order valence-corrected chi connectivity index (χ0v) is 11.2. The second kappa shape index (κ2) is 5.51. The molecule has 1 unspecified atom stereocenters. The highest BCUT2D eigenvalue weighted by molar-refractivity contribution is 5.93. The van der Waals surface area contributed by atoms with E-state index in [9.17, 15) is 4.79 Å². The monoisotopic (exact) mass is 259 g/mol. The molecule has 2 aromatic rings. The SMILES string of the molecule is CC(Nc1ccc(C(=O)N(C)C)cn1)c1cn[nH]c1. The van der Waals surface area contributed by atoms with Gasteiger partial charge in [0.2, 0.25) is 0 Å². The van der Waals surface area contributed by atoms with Gasteiger partial charge in [-0.25, -0.2) is 4.98 Å². The van der Waals surface area contributed by atoms with Gasteiger partial charge in [-0.15, -0.1) is 0 Å². The first-order chi connectivity index (χ1) is 9.08. The summed E-state index contributed by atoms with van der Waals surface area (Å²) in [6.45, 7) is 2.02. The van der Waals surface area contributed by atoms with E-state index in [-0.39, 0.29) is 11.9 Å². The van der Waals surface area contributed by atoms with Crippen LogP contribution in [0.25, 0.3) is 0 Å². The Morgan fingerprint density at radius 3 is 2.68 bits per heavy atom. The van der Waals surface area contributed by atoms with E-state index in [2.05, 4.69) is 20.5 Å². The third kappa shape index (κ3) is 3.09. The van der Waals surface area contributed by atoms with Crippen molar-refractivity contribution >= 4 is 11.7 Å². The van der Waals surface area contributed by atoms with Gasteiger partial charge in [0, 0.05) is 32.1 Å². The van der Waals surface area contributed by atoms with Crippen molar-refractivity contribution in [2.45, 2.75) is 13.0 Å². The maximum atomic E-state index is 11.7. The molecule has 100 valence electrons. The van der Waals surface area contributed by atoms with Crippen LogP contribution in [0.3, 0.4) is 0 Å². The van der Waals surface area contributed by atoms with E-state index in [1.807, 2.05) is 13.1 Å². The van der Waals surface area contributed by atoms with Crippen LogP contribution in [-0.4, -0.2) is 40.1 Å². The number of nitrogens with one attached hydrogen (secondary N) is 2. The van der Waals surface area contributed by atoms with E-state index in [0.717, 1.165) is 11.4 Å². The van der Waals surface area contributed by atoms with Crippen LogP contribution < -0.4 is 5.32 Å². The number of H-pyrrole nitrogens is 1. The van der Waals surface area contributed by atoms with Crippen molar-refractivity contribution < 1.29 is 4.79 Å². The molecule has 1 atom stereocenters. The highest BCUT2D eigenvalue weighted by atomic mass is 16.2. The molecule has 0 saturated heterocycles. The van der Waals surface area contributed by atoms with Gasteiger partial charge in [0.1, 0.15) is 5.82 Å². The minimum Gasteiger partial charge on any atom is -0.363 e. The third-order valence-corrected chi connectivity index (χ3v) is 2.80. The van der Waals surface area contributed by atoms with Crippen molar-refractivity contribution in [2.75, 3.05) is 19.4 Å². The summed E-state index contributed by atoms with van der Waals surface area (Å²) in [6.07, 6.45) is 5.18. The lowest BCUT2D eigenvalue weighted by Gasteiger charge is -2.14. The summed E-state index contributed by atoms with van der Waals surface area (Å²) in [4.78, 5) is 17.5. The molecule has 2 aromatic heterocycles. The van der Waals surface area contributed by atoms with Gasteiger partial charge in [0.15, 0.2) is 0 Å². The van der Waals surface area contributed by atoms with E-state index in [1.165, 1.54) is 4.90 Å².